The molecular formula is C41H42F2N10O5. The van der Waals surface area contributed by atoms with Crippen molar-refractivity contribution in [2.45, 2.75) is 56.6 Å². The lowest BCUT2D eigenvalue weighted by molar-refractivity contribution is -0.120. The van der Waals surface area contributed by atoms with Crippen molar-refractivity contribution in [1.82, 2.24) is 29.5 Å². The smallest absolute Gasteiger partial charge is 0.329 e. The number of carbonyl (C=O) groups is 2. The number of carbonyl (C=O) groups excluding carboxylic acids is 2. The number of nitrogens with two attached hydrogens (primary N) is 1. The number of nitrogens with zero attached hydrogens (tertiary/aromatic N) is 8. The van der Waals surface area contributed by atoms with Gasteiger partial charge in [0.2, 0.25) is 5.91 Å². The number of nitrogens with one attached hydrogen (secondary N) is 1. The molecule has 58 heavy (non-hydrogen) atoms. The molecule has 4 N–H and O–H groups in total. The molecule has 15 nitrogen and oxygen atoms in total. The van der Waals surface area contributed by atoms with Crippen molar-refractivity contribution in [1.29, 1.82) is 5.26 Å². The predicted octanol–water partition coefficient (Wildman–Crippen LogP) is 4.70. The first-order valence-electron chi connectivity index (χ1n) is 19.5. The normalized spacial score (nSPS) is 19.7. The van der Waals surface area contributed by atoms with Gasteiger partial charge in [0.15, 0.2) is 17.4 Å². The molecule has 3 saturated heterocycles. The molecule has 2 aromatic heterocycles. The number of imide groups is 1. The third-order valence-electron chi connectivity index (χ3n) is 12.6. The van der Waals surface area contributed by atoms with Gasteiger partial charge in [0.05, 0.1) is 39.7 Å². The van der Waals surface area contributed by atoms with Crippen LogP contribution in [0.15, 0.2) is 53.6 Å². The highest BCUT2D eigenvalue weighted by atomic mass is 19.1. The van der Waals surface area contributed by atoms with E-state index in [2.05, 4.69) is 20.3 Å². The van der Waals surface area contributed by atoms with Crippen LogP contribution in [0.3, 0.4) is 0 Å². The fourth-order valence-corrected chi connectivity index (χ4v) is 9.27. The number of likely N-dealkylation sites (tertiary alicyclic amines) is 1. The number of aryl methyl sites for hydroxylation is 1. The van der Waals surface area contributed by atoms with E-state index < -0.39 is 23.3 Å². The maximum atomic E-state index is 15.7. The van der Waals surface area contributed by atoms with Crippen LogP contribution in [0.1, 0.15) is 56.6 Å². The first-order chi connectivity index (χ1) is 27.8. The second-order valence-electron chi connectivity index (χ2n) is 16.3. The SMILES string of the molecule is Cn1nc(N2CCC(=O)NC2=O)c2cc(F)c(N3CCC(O)(CN4CCC5(CC4)CC(n4cnc6ccc(Oc7c(F)ccc(N)c7C#N)cc6c4=O)C5)CC3)cc21. The van der Waals surface area contributed by atoms with Gasteiger partial charge in [0, 0.05) is 51.1 Å². The van der Waals surface area contributed by atoms with Gasteiger partial charge >= 0.3 is 6.03 Å². The molecule has 4 aliphatic rings. The average Bonchev–Trinajstić information content (AvgIpc) is 3.50. The van der Waals surface area contributed by atoms with Gasteiger partial charge in [0.25, 0.3) is 5.56 Å². The van der Waals surface area contributed by atoms with Gasteiger partial charge in [0.1, 0.15) is 23.2 Å². The number of ether oxygens (including phenoxy) is 1. The van der Waals surface area contributed by atoms with Gasteiger partial charge in [-0.2, -0.15) is 10.4 Å². The van der Waals surface area contributed by atoms with Crippen molar-refractivity contribution in [3.63, 3.8) is 0 Å². The second kappa shape index (κ2) is 14.1. The molecule has 5 heterocycles. The number of anilines is 3. The van der Waals surface area contributed by atoms with Crippen LogP contribution in [0.5, 0.6) is 11.5 Å². The number of nitrogen functional groups attached to an aromatic ring is 1. The number of fused-ring (bicyclic) bond motifs is 2. The van der Waals surface area contributed by atoms with E-state index in [1.165, 1.54) is 23.1 Å². The third-order valence-corrected chi connectivity index (χ3v) is 12.6. The fraction of sp³-hybridized carbons (Fsp3) is 0.415. The number of hydrogen-bond donors (Lipinski definition) is 3. The molecule has 0 atom stereocenters. The number of aromatic nitrogens is 4. The van der Waals surface area contributed by atoms with Crippen LogP contribution in [0.4, 0.5) is 30.8 Å². The number of halogens is 2. The van der Waals surface area contributed by atoms with E-state index in [1.54, 1.807) is 40.8 Å². The molecule has 0 unspecified atom stereocenters. The average molecular weight is 793 g/mol. The van der Waals surface area contributed by atoms with Crippen LogP contribution in [-0.4, -0.2) is 86.1 Å². The molecule has 4 fully saturated rings. The zero-order chi connectivity index (χ0) is 40.5. The van der Waals surface area contributed by atoms with E-state index in [0.717, 1.165) is 44.8 Å². The Morgan fingerprint density at radius 3 is 2.47 bits per heavy atom. The van der Waals surface area contributed by atoms with Crippen molar-refractivity contribution in [3.8, 4) is 17.6 Å². The summed E-state index contributed by atoms with van der Waals surface area (Å²) in [6, 6.07) is 11.5. The Morgan fingerprint density at radius 1 is 0.983 bits per heavy atom. The Morgan fingerprint density at radius 2 is 1.74 bits per heavy atom. The number of aliphatic hydroxyl groups is 1. The fourth-order valence-electron chi connectivity index (χ4n) is 9.27. The molecule has 17 heteroatoms. The van der Waals surface area contributed by atoms with Gasteiger partial charge in [-0.25, -0.2) is 18.6 Å². The first kappa shape index (κ1) is 37.5. The van der Waals surface area contributed by atoms with Crippen molar-refractivity contribution < 1.29 is 28.2 Å². The Kier molecular flexibility index (Phi) is 9.08. The molecule has 1 saturated carbocycles. The maximum Gasteiger partial charge on any atom is 0.329 e. The number of nitriles is 1. The van der Waals surface area contributed by atoms with Gasteiger partial charge < -0.3 is 25.4 Å². The number of hydrogen-bond acceptors (Lipinski definition) is 11. The summed E-state index contributed by atoms with van der Waals surface area (Å²) in [5, 5.41) is 28.8. The molecule has 0 bridgehead atoms. The summed E-state index contributed by atoms with van der Waals surface area (Å²) >= 11 is 0. The predicted molar refractivity (Wildman–Crippen MR) is 211 cm³/mol. The highest BCUT2D eigenvalue weighted by molar-refractivity contribution is 6.09. The van der Waals surface area contributed by atoms with Crippen molar-refractivity contribution >= 4 is 50.9 Å². The first-order valence-corrected chi connectivity index (χ1v) is 19.5. The zero-order valence-corrected chi connectivity index (χ0v) is 31.9. The number of β-amino-alcohol motifs (C(OH)–C–C–N with tert-alkyl or cyclic N) is 1. The summed E-state index contributed by atoms with van der Waals surface area (Å²) in [5.41, 5.74) is 6.33. The second-order valence-corrected chi connectivity index (χ2v) is 16.3. The van der Waals surface area contributed by atoms with Crippen LogP contribution in [0.25, 0.3) is 21.8 Å². The van der Waals surface area contributed by atoms with Crippen molar-refractivity contribution in [2.75, 3.05) is 54.8 Å². The molecule has 5 aromatic rings. The number of amides is 3. The standard InChI is InChI=1S/C41H42F2N10O5/c1-49-33-18-34(30(43)17-27(33)37(48-49)52-11-6-35(54)47-39(52)56)51-14-9-41(57,10-15-51)22-50-12-7-40(8-13-50)19-24(20-40)53-23-46-32-5-2-25(16-26(32)38(53)55)58-36-28(21-44)31(45)4-3-29(36)42/h2-5,16-18,23-24,57H,6-15,19-20,22,45H2,1H3,(H,47,54,56). The van der Waals surface area contributed by atoms with E-state index in [0.29, 0.717) is 65.8 Å². The van der Waals surface area contributed by atoms with Crippen LogP contribution in [0.2, 0.25) is 0 Å². The monoisotopic (exact) mass is 792 g/mol. The Labute approximate surface area is 331 Å². The Hall–Kier alpha value is -6.12. The summed E-state index contributed by atoms with van der Waals surface area (Å²) in [4.78, 5) is 48.0. The lowest BCUT2D eigenvalue weighted by Gasteiger charge is -2.53. The summed E-state index contributed by atoms with van der Waals surface area (Å²) in [7, 11) is 1.73. The molecule has 1 spiro atoms. The van der Waals surface area contributed by atoms with E-state index >= 15 is 4.39 Å². The summed E-state index contributed by atoms with van der Waals surface area (Å²) in [5.74, 6) is -1.35. The summed E-state index contributed by atoms with van der Waals surface area (Å²) < 4.78 is 39.3. The number of urea groups is 1. The zero-order valence-electron chi connectivity index (χ0n) is 31.9. The summed E-state index contributed by atoms with van der Waals surface area (Å²) in [6.07, 6.45) is 6.24. The number of benzene rings is 3. The van der Waals surface area contributed by atoms with E-state index in [1.807, 2.05) is 11.0 Å². The third kappa shape index (κ3) is 6.55. The van der Waals surface area contributed by atoms with Gasteiger partial charge in [-0.3, -0.25) is 29.1 Å². The largest absolute Gasteiger partial charge is 0.453 e. The van der Waals surface area contributed by atoms with Crippen LogP contribution < -0.4 is 31.1 Å². The van der Waals surface area contributed by atoms with Crippen LogP contribution >= 0.6 is 0 Å². The van der Waals surface area contributed by atoms with Crippen molar-refractivity contribution in [3.05, 3.63) is 76.3 Å². The van der Waals surface area contributed by atoms with E-state index in [9.17, 15) is 29.1 Å². The number of piperidine rings is 2. The topological polar surface area (TPSA) is 188 Å². The Balaban J connectivity index is 0.804. The number of rotatable bonds is 7. The molecule has 3 amide bonds. The molecular weight excluding hydrogens is 751 g/mol. The lowest BCUT2D eigenvalue weighted by atomic mass is 9.60. The van der Waals surface area contributed by atoms with Gasteiger partial charge in [-0.05, 0) is 99.5 Å². The van der Waals surface area contributed by atoms with Crippen LogP contribution in [0, 0.1) is 28.4 Å². The minimum atomic E-state index is -0.913. The minimum absolute atomic E-state index is 0.0157. The highest BCUT2D eigenvalue weighted by Crippen LogP contribution is 2.54. The van der Waals surface area contributed by atoms with Crippen LogP contribution in [-0.2, 0) is 11.8 Å². The van der Waals surface area contributed by atoms with Gasteiger partial charge in [-0.1, -0.05) is 0 Å². The quantitative estimate of drug-likeness (QED) is 0.194. The van der Waals surface area contributed by atoms with E-state index in [-0.39, 0.29) is 58.6 Å². The molecule has 3 aliphatic heterocycles. The minimum Gasteiger partial charge on any atom is -0.453 e. The lowest BCUT2D eigenvalue weighted by Crippen LogP contribution is -2.55. The molecule has 300 valence electrons. The highest BCUT2D eigenvalue weighted by Gasteiger charge is 2.48. The summed E-state index contributed by atoms with van der Waals surface area (Å²) in [6.45, 7) is 3.29. The molecule has 3 aromatic carbocycles. The van der Waals surface area contributed by atoms with Gasteiger partial charge in [-0.15, -0.1) is 0 Å². The van der Waals surface area contributed by atoms with E-state index in [4.69, 9.17) is 10.5 Å². The van der Waals surface area contributed by atoms with Crippen molar-refractivity contribution in [2.24, 2.45) is 12.5 Å². The molecule has 0 radical (unpaired) electrons. The maximum absolute atomic E-state index is 15.7. The molecule has 1 aliphatic carbocycles. The Bertz CT molecular complexity index is 2600. The molecule has 9 rings (SSSR count).